The topological polar surface area (TPSA) is 61.4 Å². The van der Waals surface area contributed by atoms with Crippen LogP contribution in [0.3, 0.4) is 0 Å². The highest BCUT2D eigenvalue weighted by molar-refractivity contribution is 5.89. The zero-order chi connectivity index (χ0) is 15.2. The van der Waals surface area contributed by atoms with E-state index in [0.29, 0.717) is 18.9 Å². The maximum Gasteiger partial charge on any atom is 0.225 e. The molecule has 2 heterocycles. The number of piperidine rings is 1. The van der Waals surface area contributed by atoms with E-state index in [1.807, 2.05) is 0 Å². The van der Waals surface area contributed by atoms with Crippen molar-refractivity contribution in [3.05, 3.63) is 11.6 Å². The number of rotatable bonds is 5. The third-order valence-electron chi connectivity index (χ3n) is 4.38. The maximum atomic E-state index is 12.0. The van der Waals surface area contributed by atoms with Crippen molar-refractivity contribution in [1.29, 1.82) is 0 Å². The average Bonchev–Trinajstić information content (AvgIpc) is 2.90. The lowest BCUT2D eigenvalue weighted by Crippen LogP contribution is -2.40. The SMILES string of the molecule is CC(C)=CCN1CCC(CNC(=O)C2CNC(=O)C2)CC1. The van der Waals surface area contributed by atoms with Gasteiger partial charge in [0.25, 0.3) is 0 Å². The second-order valence-electron chi connectivity index (χ2n) is 6.48. The van der Waals surface area contributed by atoms with Gasteiger partial charge in [-0.25, -0.2) is 0 Å². The highest BCUT2D eigenvalue weighted by Crippen LogP contribution is 2.17. The van der Waals surface area contributed by atoms with Gasteiger partial charge in [0.2, 0.25) is 11.8 Å². The molecule has 0 aliphatic carbocycles. The van der Waals surface area contributed by atoms with Crippen LogP contribution in [-0.2, 0) is 9.59 Å². The third kappa shape index (κ3) is 5.16. The molecule has 2 aliphatic heterocycles. The Balaban J connectivity index is 1.63. The lowest BCUT2D eigenvalue weighted by Gasteiger charge is -2.31. The van der Waals surface area contributed by atoms with Crippen molar-refractivity contribution >= 4 is 11.8 Å². The van der Waals surface area contributed by atoms with Crippen LogP contribution in [0.1, 0.15) is 33.1 Å². The molecule has 0 aromatic carbocycles. The van der Waals surface area contributed by atoms with Gasteiger partial charge in [-0.15, -0.1) is 0 Å². The quantitative estimate of drug-likeness (QED) is 0.741. The summed E-state index contributed by atoms with van der Waals surface area (Å²) >= 11 is 0. The largest absolute Gasteiger partial charge is 0.356 e. The Morgan fingerprint density at radius 2 is 2.10 bits per heavy atom. The summed E-state index contributed by atoms with van der Waals surface area (Å²) in [6.07, 6.45) is 4.89. The zero-order valence-corrected chi connectivity index (χ0v) is 13.2. The number of hydrogen-bond acceptors (Lipinski definition) is 3. The minimum atomic E-state index is -0.171. The second-order valence-corrected chi connectivity index (χ2v) is 6.48. The fraction of sp³-hybridized carbons (Fsp3) is 0.750. The van der Waals surface area contributed by atoms with Crippen molar-refractivity contribution < 1.29 is 9.59 Å². The van der Waals surface area contributed by atoms with Crippen LogP contribution in [0, 0.1) is 11.8 Å². The minimum absolute atomic E-state index is 0.0114. The molecule has 2 aliphatic rings. The van der Waals surface area contributed by atoms with Gasteiger partial charge in [-0.3, -0.25) is 14.5 Å². The van der Waals surface area contributed by atoms with E-state index in [9.17, 15) is 9.59 Å². The first kappa shape index (κ1) is 16.0. The van der Waals surface area contributed by atoms with Crippen LogP contribution < -0.4 is 10.6 Å². The van der Waals surface area contributed by atoms with Crippen LogP contribution in [0.5, 0.6) is 0 Å². The molecule has 0 radical (unpaired) electrons. The number of hydrogen-bond donors (Lipinski definition) is 2. The van der Waals surface area contributed by atoms with Crippen molar-refractivity contribution in [2.75, 3.05) is 32.7 Å². The molecule has 0 bridgehead atoms. The van der Waals surface area contributed by atoms with Crippen molar-refractivity contribution in [2.24, 2.45) is 11.8 Å². The second kappa shape index (κ2) is 7.59. The molecule has 1 unspecified atom stereocenters. The molecule has 0 aromatic rings. The number of nitrogens with zero attached hydrogens (tertiary/aromatic N) is 1. The van der Waals surface area contributed by atoms with Gasteiger partial charge in [0.1, 0.15) is 0 Å². The highest BCUT2D eigenvalue weighted by atomic mass is 16.2. The summed E-state index contributed by atoms with van der Waals surface area (Å²) in [5.74, 6) is 0.417. The standard InChI is InChI=1S/C16H27N3O2/c1-12(2)3-6-19-7-4-13(5-8-19)10-18-16(21)14-9-15(20)17-11-14/h3,13-14H,4-11H2,1-2H3,(H,17,20)(H,18,21). The molecule has 0 aromatic heterocycles. The zero-order valence-electron chi connectivity index (χ0n) is 13.2. The molecule has 2 amide bonds. The Bertz CT molecular complexity index is 408. The summed E-state index contributed by atoms with van der Waals surface area (Å²) in [6.45, 7) is 8.75. The maximum absolute atomic E-state index is 12.0. The summed E-state index contributed by atoms with van der Waals surface area (Å²) < 4.78 is 0. The van der Waals surface area contributed by atoms with E-state index in [1.54, 1.807) is 0 Å². The van der Waals surface area contributed by atoms with E-state index in [4.69, 9.17) is 0 Å². The molecule has 0 saturated carbocycles. The molecule has 5 heteroatoms. The van der Waals surface area contributed by atoms with Gasteiger partial charge in [0, 0.05) is 26.1 Å². The molecule has 118 valence electrons. The smallest absolute Gasteiger partial charge is 0.225 e. The van der Waals surface area contributed by atoms with Crippen molar-refractivity contribution in [3.63, 3.8) is 0 Å². The molecule has 5 nitrogen and oxygen atoms in total. The van der Waals surface area contributed by atoms with Gasteiger partial charge >= 0.3 is 0 Å². The fourth-order valence-corrected chi connectivity index (χ4v) is 2.86. The van der Waals surface area contributed by atoms with Crippen LogP contribution in [0.2, 0.25) is 0 Å². The van der Waals surface area contributed by atoms with E-state index in [-0.39, 0.29) is 17.7 Å². The number of nitrogens with one attached hydrogen (secondary N) is 2. The number of amides is 2. The van der Waals surface area contributed by atoms with Crippen LogP contribution in [0.4, 0.5) is 0 Å². The Morgan fingerprint density at radius 1 is 1.38 bits per heavy atom. The number of carbonyl (C=O) groups excluding carboxylic acids is 2. The van der Waals surface area contributed by atoms with E-state index in [1.165, 1.54) is 5.57 Å². The third-order valence-corrected chi connectivity index (χ3v) is 4.38. The van der Waals surface area contributed by atoms with Crippen LogP contribution in [0.25, 0.3) is 0 Å². The Labute approximate surface area is 127 Å². The summed E-state index contributed by atoms with van der Waals surface area (Å²) in [6, 6.07) is 0. The number of allylic oxidation sites excluding steroid dienone is 1. The van der Waals surface area contributed by atoms with Gasteiger partial charge in [0.05, 0.1) is 5.92 Å². The van der Waals surface area contributed by atoms with Crippen molar-refractivity contribution in [3.8, 4) is 0 Å². The first-order valence-corrected chi connectivity index (χ1v) is 7.94. The number of likely N-dealkylation sites (tertiary alicyclic amines) is 1. The molecule has 2 saturated heterocycles. The lowest BCUT2D eigenvalue weighted by molar-refractivity contribution is -0.126. The molecular formula is C16H27N3O2. The highest BCUT2D eigenvalue weighted by Gasteiger charge is 2.28. The molecule has 2 fully saturated rings. The average molecular weight is 293 g/mol. The molecule has 2 N–H and O–H groups in total. The van der Waals surface area contributed by atoms with Gasteiger partial charge in [0.15, 0.2) is 0 Å². The first-order valence-electron chi connectivity index (χ1n) is 7.94. The van der Waals surface area contributed by atoms with Crippen LogP contribution in [0.15, 0.2) is 11.6 Å². The Morgan fingerprint density at radius 3 is 2.67 bits per heavy atom. The van der Waals surface area contributed by atoms with E-state index < -0.39 is 0 Å². The van der Waals surface area contributed by atoms with Gasteiger partial charge < -0.3 is 10.6 Å². The van der Waals surface area contributed by atoms with Crippen LogP contribution >= 0.6 is 0 Å². The van der Waals surface area contributed by atoms with Crippen molar-refractivity contribution in [1.82, 2.24) is 15.5 Å². The number of carbonyl (C=O) groups is 2. The van der Waals surface area contributed by atoms with Crippen LogP contribution in [-0.4, -0.2) is 49.4 Å². The Kier molecular flexibility index (Phi) is 5.79. The minimum Gasteiger partial charge on any atom is -0.356 e. The van der Waals surface area contributed by atoms with E-state index in [0.717, 1.165) is 39.0 Å². The molecule has 2 rings (SSSR count). The fourth-order valence-electron chi connectivity index (χ4n) is 2.86. The predicted octanol–water partition coefficient (Wildman–Crippen LogP) is 0.917. The molecule has 0 spiro atoms. The predicted molar refractivity (Wildman–Crippen MR) is 82.7 cm³/mol. The monoisotopic (exact) mass is 293 g/mol. The van der Waals surface area contributed by atoms with Crippen molar-refractivity contribution in [2.45, 2.75) is 33.1 Å². The molecule has 21 heavy (non-hydrogen) atoms. The molecule has 1 atom stereocenters. The van der Waals surface area contributed by atoms with Gasteiger partial charge in [-0.05, 0) is 45.7 Å². The van der Waals surface area contributed by atoms with E-state index >= 15 is 0 Å². The summed E-state index contributed by atoms with van der Waals surface area (Å²) in [7, 11) is 0. The summed E-state index contributed by atoms with van der Waals surface area (Å²) in [5, 5.41) is 5.72. The summed E-state index contributed by atoms with van der Waals surface area (Å²) in [4.78, 5) is 25.5. The van der Waals surface area contributed by atoms with Gasteiger partial charge in [-0.1, -0.05) is 11.6 Å². The Hall–Kier alpha value is -1.36. The molecular weight excluding hydrogens is 266 g/mol. The normalized spacial score (nSPS) is 23.7. The summed E-state index contributed by atoms with van der Waals surface area (Å²) in [5.41, 5.74) is 1.36. The van der Waals surface area contributed by atoms with E-state index in [2.05, 4.69) is 35.5 Å². The van der Waals surface area contributed by atoms with Gasteiger partial charge in [-0.2, -0.15) is 0 Å². The first-order chi connectivity index (χ1) is 10.0. The lowest BCUT2D eigenvalue weighted by atomic mass is 9.96.